The molecular formula is C12H14O. The highest BCUT2D eigenvalue weighted by atomic mass is 16.3. The molecule has 1 nitrogen and oxygen atoms in total. The van der Waals surface area contributed by atoms with E-state index in [-0.39, 0.29) is 0 Å². The molecule has 0 amide bonds. The molecule has 0 saturated carbocycles. The van der Waals surface area contributed by atoms with Crippen LogP contribution in [0.1, 0.15) is 30.8 Å². The van der Waals surface area contributed by atoms with Crippen LogP contribution in [0.3, 0.4) is 0 Å². The molecule has 1 aromatic rings. The highest BCUT2D eigenvalue weighted by Gasteiger charge is 2.05. The number of furan rings is 1. The maximum absolute atomic E-state index is 5.58. The second-order valence-corrected chi connectivity index (χ2v) is 3.42. The van der Waals surface area contributed by atoms with Crippen molar-refractivity contribution in [2.24, 2.45) is 0 Å². The van der Waals surface area contributed by atoms with Crippen molar-refractivity contribution >= 4 is 5.57 Å². The first-order valence-electron chi connectivity index (χ1n) is 4.79. The molecule has 1 heterocycles. The molecule has 0 saturated heterocycles. The first-order chi connectivity index (χ1) is 6.36. The van der Waals surface area contributed by atoms with Gasteiger partial charge in [0.1, 0.15) is 11.5 Å². The Morgan fingerprint density at radius 1 is 1.31 bits per heavy atom. The van der Waals surface area contributed by atoms with Crippen molar-refractivity contribution in [2.45, 2.75) is 26.2 Å². The van der Waals surface area contributed by atoms with Crippen LogP contribution in [0, 0.1) is 6.92 Å². The van der Waals surface area contributed by atoms with E-state index in [1.54, 1.807) is 0 Å². The summed E-state index contributed by atoms with van der Waals surface area (Å²) in [6.07, 6.45) is 10.0. The molecule has 1 aliphatic rings. The minimum Gasteiger partial charge on any atom is -0.462 e. The Balaban J connectivity index is 2.25. The van der Waals surface area contributed by atoms with Gasteiger partial charge < -0.3 is 4.42 Å². The number of hydrogen-bond donors (Lipinski definition) is 0. The van der Waals surface area contributed by atoms with Crippen molar-refractivity contribution in [3.8, 4) is 0 Å². The number of rotatable bonds is 1. The SMILES string of the molecule is Cc1ccc(C2=CC=CCCC2)o1. The van der Waals surface area contributed by atoms with E-state index in [1.165, 1.54) is 18.4 Å². The van der Waals surface area contributed by atoms with Crippen LogP contribution in [0.15, 0.2) is 34.8 Å². The van der Waals surface area contributed by atoms with Gasteiger partial charge in [-0.1, -0.05) is 18.2 Å². The lowest BCUT2D eigenvalue weighted by molar-refractivity contribution is 0.518. The van der Waals surface area contributed by atoms with Gasteiger partial charge in [0.15, 0.2) is 0 Å². The highest BCUT2D eigenvalue weighted by Crippen LogP contribution is 2.24. The van der Waals surface area contributed by atoms with E-state index < -0.39 is 0 Å². The van der Waals surface area contributed by atoms with Crippen LogP contribution in [-0.2, 0) is 0 Å². The molecule has 0 N–H and O–H groups in total. The average molecular weight is 174 g/mol. The predicted octanol–water partition coefficient (Wildman–Crippen LogP) is 3.71. The zero-order valence-electron chi connectivity index (χ0n) is 7.92. The fourth-order valence-electron chi connectivity index (χ4n) is 1.59. The van der Waals surface area contributed by atoms with Crippen molar-refractivity contribution in [3.05, 3.63) is 41.9 Å². The third-order valence-corrected chi connectivity index (χ3v) is 2.31. The van der Waals surface area contributed by atoms with Gasteiger partial charge in [-0.05, 0) is 43.9 Å². The Bertz CT molecular complexity index is 342. The van der Waals surface area contributed by atoms with Crippen molar-refractivity contribution in [3.63, 3.8) is 0 Å². The summed E-state index contributed by atoms with van der Waals surface area (Å²) in [6.45, 7) is 1.98. The summed E-state index contributed by atoms with van der Waals surface area (Å²) >= 11 is 0. The lowest BCUT2D eigenvalue weighted by Crippen LogP contribution is -1.79. The molecule has 68 valence electrons. The highest BCUT2D eigenvalue weighted by molar-refractivity contribution is 5.63. The lowest BCUT2D eigenvalue weighted by atomic mass is 10.1. The van der Waals surface area contributed by atoms with Gasteiger partial charge in [-0.3, -0.25) is 0 Å². The van der Waals surface area contributed by atoms with E-state index in [9.17, 15) is 0 Å². The molecule has 0 bridgehead atoms. The normalized spacial score (nSPS) is 16.8. The van der Waals surface area contributed by atoms with E-state index in [2.05, 4.69) is 24.3 Å². The number of allylic oxidation sites excluding steroid dienone is 4. The number of hydrogen-bond acceptors (Lipinski definition) is 1. The third kappa shape index (κ3) is 1.92. The van der Waals surface area contributed by atoms with Gasteiger partial charge in [-0.2, -0.15) is 0 Å². The van der Waals surface area contributed by atoms with Crippen LogP contribution >= 0.6 is 0 Å². The quantitative estimate of drug-likeness (QED) is 0.632. The van der Waals surface area contributed by atoms with Crippen LogP contribution in [0.25, 0.3) is 5.57 Å². The van der Waals surface area contributed by atoms with E-state index in [1.807, 2.05) is 13.0 Å². The van der Waals surface area contributed by atoms with Gasteiger partial charge in [-0.15, -0.1) is 0 Å². The average Bonchev–Trinajstić information content (AvgIpc) is 2.43. The van der Waals surface area contributed by atoms with Gasteiger partial charge in [0.25, 0.3) is 0 Å². The summed E-state index contributed by atoms with van der Waals surface area (Å²) in [5, 5.41) is 0. The topological polar surface area (TPSA) is 13.1 Å². The van der Waals surface area contributed by atoms with E-state index in [4.69, 9.17) is 4.42 Å². The molecule has 0 atom stereocenters. The van der Waals surface area contributed by atoms with Crippen LogP contribution in [0.2, 0.25) is 0 Å². The molecule has 0 aromatic carbocycles. The molecule has 2 rings (SSSR count). The van der Waals surface area contributed by atoms with Crippen molar-refractivity contribution < 1.29 is 4.42 Å². The molecule has 1 aromatic heterocycles. The predicted molar refractivity (Wildman–Crippen MR) is 54.4 cm³/mol. The molecule has 0 aliphatic heterocycles. The molecule has 1 heteroatoms. The minimum atomic E-state index is 0.990. The summed E-state index contributed by atoms with van der Waals surface area (Å²) in [7, 11) is 0. The second kappa shape index (κ2) is 3.65. The van der Waals surface area contributed by atoms with Crippen LogP contribution < -0.4 is 0 Å². The fourth-order valence-corrected chi connectivity index (χ4v) is 1.59. The monoisotopic (exact) mass is 174 g/mol. The van der Waals surface area contributed by atoms with Gasteiger partial charge in [0.05, 0.1) is 0 Å². The first kappa shape index (κ1) is 8.36. The molecule has 1 aliphatic carbocycles. The Labute approximate surface area is 78.8 Å². The second-order valence-electron chi connectivity index (χ2n) is 3.42. The van der Waals surface area contributed by atoms with Crippen molar-refractivity contribution in [2.75, 3.05) is 0 Å². The van der Waals surface area contributed by atoms with E-state index >= 15 is 0 Å². The minimum absolute atomic E-state index is 0.990. The Hall–Kier alpha value is -1.24. The summed E-state index contributed by atoms with van der Waals surface area (Å²) in [4.78, 5) is 0. The summed E-state index contributed by atoms with van der Waals surface area (Å²) in [5.41, 5.74) is 1.32. The third-order valence-electron chi connectivity index (χ3n) is 2.31. The van der Waals surface area contributed by atoms with Gasteiger partial charge >= 0.3 is 0 Å². The van der Waals surface area contributed by atoms with Crippen LogP contribution in [0.4, 0.5) is 0 Å². The van der Waals surface area contributed by atoms with Gasteiger partial charge in [0, 0.05) is 0 Å². The summed E-state index contributed by atoms with van der Waals surface area (Å²) < 4.78 is 5.58. The van der Waals surface area contributed by atoms with Gasteiger partial charge in [-0.25, -0.2) is 0 Å². The molecular weight excluding hydrogens is 160 g/mol. The Kier molecular flexibility index (Phi) is 2.35. The Morgan fingerprint density at radius 2 is 2.23 bits per heavy atom. The standard InChI is InChI=1S/C12H14O/c1-10-8-9-12(13-10)11-6-4-2-3-5-7-11/h2,4,6,8-9H,3,5,7H2,1H3. The zero-order chi connectivity index (χ0) is 9.10. The summed E-state index contributed by atoms with van der Waals surface area (Å²) in [6, 6.07) is 4.07. The van der Waals surface area contributed by atoms with E-state index in [0.717, 1.165) is 17.9 Å². The van der Waals surface area contributed by atoms with Crippen LogP contribution in [0.5, 0.6) is 0 Å². The van der Waals surface area contributed by atoms with Crippen molar-refractivity contribution in [1.82, 2.24) is 0 Å². The first-order valence-corrected chi connectivity index (χ1v) is 4.79. The fraction of sp³-hybridized carbons (Fsp3) is 0.333. The zero-order valence-corrected chi connectivity index (χ0v) is 7.92. The Morgan fingerprint density at radius 3 is 3.00 bits per heavy atom. The largest absolute Gasteiger partial charge is 0.462 e. The maximum atomic E-state index is 5.58. The smallest absolute Gasteiger partial charge is 0.130 e. The molecule has 13 heavy (non-hydrogen) atoms. The number of aryl methyl sites for hydroxylation is 1. The molecule has 0 radical (unpaired) electrons. The molecule has 0 spiro atoms. The molecule has 0 fully saturated rings. The van der Waals surface area contributed by atoms with Gasteiger partial charge in [0.2, 0.25) is 0 Å². The molecule has 0 unspecified atom stereocenters. The van der Waals surface area contributed by atoms with Crippen LogP contribution in [-0.4, -0.2) is 0 Å². The lowest BCUT2D eigenvalue weighted by Gasteiger charge is -1.99. The maximum Gasteiger partial charge on any atom is 0.130 e. The van der Waals surface area contributed by atoms with Crippen molar-refractivity contribution in [1.29, 1.82) is 0 Å². The summed E-state index contributed by atoms with van der Waals surface area (Å²) in [5.74, 6) is 2.02. The van der Waals surface area contributed by atoms with E-state index in [0.29, 0.717) is 0 Å².